The number of unbranched alkanes of at least 4 members (excludes halogenated alkanes) is 1. The summed E-state index contributed by atoms with van der Waals surface area (Å²) in [6, 6.07) is 28.4. The van der Waals surface area contributed by atoms with Gasteiger partial charge in [0.05, 0.1) is 6.61 Å². The summed E-state index contributed by atoms with van der Waals surface area (Å²) in [7, 11) is 0. The smallest absolute Gasteiger partial charge is 0.230 e. The van der Waals surface area contributed by atoms with E-state index >= 15 is 0 Å². The van der Waals surface area contributed by atoms with Gasteiger partial charge >= 0.3 is 0 Å². The Morgan fingerprint density at radius 1 is 0.585 bits per heavy atom. The SMILES string of the molecule is CCCCOc1ccc(OCOc2cc3c(cc2C)N=c2c(Cl)c4c(c(Cl)c2O3)=Nc2ccc3cc(OCOc5ccc(C)cc5)ccc3c2O4)cc1. The molecule has 268 valence electrons. The minimum atomic E-state index is -0.00936. The first-order valence-corrected chi connectivity index (χ1v) is 18.0. The number of aryl methyl sites for hydroxylation is 2. The number of ether oxygens (including phenoxy) is 7. The topological polar surface area (TPSA) is 89.3 Å². The van der Waals surface area contributed by atoms with Gasteiger partial charge in [0, 0.05) is 11.5 Å². The van der Waals surface area contributed by atoms with Crippen LogP contribution in [0.1, 0.15) is 30.9 Å². The highest BCUT2D eigenvalue weighted by Crippen LogP contribution is 2.46. The van der Waals surface area contributed by atoms with Crippen LogP contribution in [0.15, 0.2) is 101 Å². The van der Waals surface area contributed by atoms with E-state index < -0.39 is 0 Å². The molecule has 0 N–H and O–H groups in total. The van der Waals surface area contributed by atoms with Gasteiger partial charge in [0.1, 0.15) is 60.9 Å². The predicted octanol–water partition coefficient (Wildman–Crippen LogP) is 10.9. The van der Waals surface area contributed by atoms with Crippen LogP contribution in [-0.4, -0.2) is 20.2 Å². The van der Waals surface area contributed by atoms with E-state index in [4.69, 9.17) is 66.3 Å². The van der Waals surface area contributed by atoms with Crippen LogP contribution in [0.3, 0.4) is 0 Å². The van der Waals surface area contributed by atoms with Crippen LogP contribution >= 0.6 is 23.2 Å². The third-order valence-corrected chi connectivity index (χ3v) is 9.51. The number of hydrogen-bond donors (Lipinski definition) is 0. The molecule has 9 nitrogen and oxygen atoms in total. The number of nitrogens with zero attached hydrogens (tertiary/aromatic N) is 2. The summed E-state index contributed by atoms with van der Waals surface area (Å²) in [5.74, 6) is 5.00. The number of hydrogen-bond acceptors (Lipinski definition) is 9. The van der Waals surface area contributed by atoms with Crippen molar-refractivity contribution in [3.63, 3.8) is 0 Å². The maximum Gasteiger partial charge on any atom is 0.230 e. The molecule has 0 fully saturated rings. The molecule has 0 bridgehead atoms. The molecule has 0 unspecified atom stereocenters. The average Bonchev–Trinajstić information content (AvgIpc) is 3.17. The fourth-order valence-electron chi connectivity index (χ4n) is 5.92. The summed E-state index contributed by atoms with van der Waals surface area (Å²) in [4.78, 5) is 9.69. The largest absolute Gasteiger partial charge is 0.494 e. The molecule has 2 aliphatic rings. The summed E-state index contributed by atoms with van der Waals surface area (Å²) in [6.45, 7) is 6.83. The molecule has 53 heavy (non-hydrogen) atoms. The van der Waals surface area contributed by atoms with Gasteiger partial charge in [0.15, 0.2) is 23.0 Å². The van der Waals surface area contributed by atoms with Crippen molar-refractivity contribution in [2.24, 2.45) is 9.98 Å². The van der Waals surface area contributed by atoms with Crippen LogP contribution in [0.25, 0.3) is 10.8 Å². The van der Waals surface area contributed by atoms with E-state index in [1.54, 1.807) is 6.07 Å². The van der Waals surface area contributed by atoms with Crippen molar-refractivity contribution in [3.05, 3.63) is 123 Å². The van der Waals surface area contributed by atoms with Crippen LogP contribution in [0.4, 0.5) is 11.4 Å². The highest BCUT2D eigenvalue weighted by molar-refractivity contribution is 6.35. The number of rotatable bonds is 12. The molecule has 6 aromatic carbocycles. The molecule has 0 aromatic heterocycles. The van der Waals surface area contributed by atoms with Gasteiger partial charge in [0.25, 0.3) is 0 Å². The van der Waals surface area contributed by atoms with E-state index in [-0.39, 0.29) is 29.4 Å². The third kappa shape index (κ3) is 7.10. The molecule has 0 saturated heterocycles. The lowest BCUT2D eigenvalue weighted by Crippen LogP contribution is -2.22. The standard InChI is InChI=1S/C42H34Cl2N2O7/c1-4-5-18-47-27-11-13-29(14-12-27)49-23-51-34-21-35-33(19-25(34)3)46-38-37(44)42-39(36(43)41(38)52-35)45-32-17-8-26-20-30(15-16-31(26)40(32)53-42)50-22-48-28-9-6-24(2)7-10-28/h6-17,19-21H,4-5,18,22-23H2,1-3H3. The third-order valence-electron chi connectivity index (χ3n) is 8.81. The highest BCUT2D eigenvalue weighted by Gasteiger charge is 2.28. The van der Waals surface area contributed by atoms with E-state index in [9.17, 15) is 0 Å². The van der Waals surface area contributed by atoms with Crippen molar-refractivity contribution < 1.29 is 33.2 Å². The van der Waals surface area contributed by atoms with Gasteiger partial charge in [-0.1, -0.05) is 60.3 Å². The second kappa shape index (κ2) is 14.8. The van der Waals surface area contributed by atoms with Crippen molar-refractivity contribution in [1.29, 1.82) is 0 Å². The molecule has 0 spiro atoms. The number of halogens is 2. The zero-order valence-corrected chi connectivity index (χ0v) is 30.7. The van der Waals surface area contributed by atoms with Crippen LogP contribution in [0, 0.1) is 13.8 Å². The lowest BCUT2D eigenvalue weighted by atomic mass is 10.1. The van der Waals surface area contributed by atoms with Gasteiger partial charge in [0.2, 0.25) is 13.6 Å². The van der Waals surface area contributed by atoms with Crippen LogP contribution < -0.4 is 43.9 Å². The van der Waals surface area contributed by atoms with E-state index in [0.717, 1.165) is 46.2 Å². The van der Waals surface area contributed by atoms with E-state index in [1.807, 2.05) is 98.8 Å². The summed E-state index contributed by atoms with van der Waals surface area (Å²) in [5, 5.41) is 2.88. The fourth-order valence-corrected chi connectivity index (χ4v) is 6.43. The predicted molar refractivity (Wildman–Crippen MR) is 204 cm³/mol. The summed E-state index contributed by atoms with van der Waals surface area (Å²) in [5.41, 5.74) is 3.16. The molecule has 0 saturated carbocycles. The van der Waals surface area contributed by atoms with Crippen LogP contribution in [-0.2, 0) is 0 Å². The second-order valence-corrected chi connectivity index (χ2v) is 13.3. The Kier molecular flexibility index (Phi) is 9.60. The van der Waals surface area contributed by atoms with Crippen molar-refractivity contribution in [2.75, 3.05) is 20.2 Å². The first kappa shape index (κ1) is 34.4. The van der Waals surface area contributed by atoms with E-state index in [2.05, 4.69) is 6.92 Å². The maximum absolute atomic E-state index is 6.98. The average molecular weight is 750 g/mol. The van der Waals surface area contributed by atoms with Crippen LogP contribution in [0.2, 0.25) is 10.0 Å². The number of benzene rings is 6. The molecule has 0 aliphatic carbocycles. The normalized spacial score (nSPS) is 12.1. The van der Waals surface area contributed by atoms with E-state index in [1.165, 1.54) is 0 Å². The first-order chi connectivity index (χ1) is 25.8. The second-order valence-electron chi connectivity index (χ2n) is 12.6. The van der Waals surface area contributed by atoms with E-state index in [0.29, 0.717) is 63.2 Å². The molecule has 8 rings (SSSR count). The Balaban J connectivity index is 0.999. The Morgan fingerprint density at radius 3 is 1.91 bits per heavy atom. The molecular weight excluding hydrogens is 715 g/mol. The lowest BCUT2D eigenvalue weighted by molar-refractivity contribution is 0.118. The molecule has 2 heterocycles. The molecule has 0 atom stereocenters. The Hall–Kier alpha value is -5.64. The number of fused-ring (bicyclic) bond motifs is 6. The van der Waals surface area contributed by atoms with Gasteiger partial charge in [-0.25, -0.2) is 9.98 Å². The molecule has 0 amide bonds. The van der Waals surface area contributed by atoms with Gasteiger partial charge < -0.3 is 33.2 Å². The molecule has 2 aliphatic heterocycles. The monoisotopic (exact) mass is 748 g/mol. The van der Waals surface area contributed by atoms with Crippen molar-refractivity contribution in [1.82, 2.24) is 0 Å². The summed E-state index contributed by atoms with van der Waals surface area (Å²) < 4.78 is 41.9. The van der Waals surface area contributed by atoms with Crippen molar-refractivity contribution in [3.8, 4) is 51.7 Å². The minimum Gasteiger partial charge on any atom is -0.494 e. The zero-order valence-electron chi connectivity index (χ0n) is 29.2. The Bertz CT molecular complexity index is 2470. The van der Waals surface area contributed by atoms with Crippen LogP contribution in [0.5, 0.6) is 51.7 Å². The molecule has 6 aromatic rings. The van der Waals surface area contributed by atoms with Gasteiger partial charge in [-0.3, -0.25) is 0 Å². The maximum atomic E-state index is 6.98. The van der Waals surface area contributed by atoms with Gasteiger partial charge in [-0.15, -0.1) is 0 Å². The minimum absolute atomic E-state index is 0.00936. The summed E-state index contributed by atoms with van der Waals surface area (Å²) >= 11 is 13.9. The quantitative estimate of drug-likeness (QED) is 0.0907. The van der Waals surface area contributed by atoms with Crippen molar-refractivity contribution >= 4 is 45.3 Å². The fraction of sp³-hybridized carbons (Fsp3) is 0.190. The first-order valence-electron chi connectivity index (χ1n) is 17.2. The molecule has 0 radical (unpaired) electrons. The zero-order chi connectivity index (χ0) is 36.5. The highest BCUT2D eigenvalue weighted by atomic mass is 35.5. The molecular formula is C42H34Cl2N2O7. The van der Waals surface area contributed by atoms with Crippen molar-refractivity contribution in [2.45, 2.75) is 33.6 Å². The summed E-state index contributed by atoms with van der Waals surface area (Å²) in [6.07, 6.45) is 2.09. The van der Waals surface area contributed by atoms with Gasteiger partial charge in [-0.2, -0.15) is 0 Å². The molecule has 11 heteroatoms. The Labute approximate surface area is 315 Å². The lowest BCUT2D eigenvalue weighted by Gasteiger charge is -2.22. The van der Waals surface area contributed by atoms with Gasteiger partial charge in [-0.05, 0) is 97.9 Å². The Morgan fingerprint density at radius 2 is 1.19 bits per heavy atom.